The maximum atomic E-state index is 6.05. The molecule has 1 N–H and O–H groups in total. The van der Waals surface area contributed by atoms with Crippen molar-refractivity contribution < 1.29 is 9.15 Å². The summed E-state index contributed by atoms with van der Waals surface area (Å²) in [5.41, 5.74) is 1.10. The molecule has 19 heavy (non-hydrogen) atoms. The van der Waals surface area contributed by atoms with Gasteiger partial charge in [-0.3, -0.25) is 0 Å². The van der Waals surface area contributed by atoms with Crippen LogP contribution in [0.1, 0.15) is 31.3 Å². The predicted molar refractivity (Wildman–Crippen MR) is 73.8 cm³/mol. The summed E-state index contributed by atoms with van der Waals surface area (Å²) < 4.78 is 11.5. The summed E-state index contributed by atoms with van der Waals surface area (Å²) in [6.07, 6.45) is 1.67. The van der Waals surface area contributed by atoms with Crippen molar-refractivity contribution in [2.24, 2.45) is 0 Å². The summed E-state index contributed by atoms with van der Waals surface area (Å²) in [6.45, 7) is 4.94. The van der Waals surface area contributed by atoms with Crippen LogP contribution in [-0.2, 0) is 10.3 Å². The van der Waals surface area contributed by atoms with E-state index in [-0.39, 0.29) is 17.7 Å². The number of ether oxygens (including phenoxy) is 1. The highest BCUT2D eigenvalue weighted by Crippen LogP contribution is 2.33. The Labute approximate surface area is 113 Å². The van der Waals surface area contributed by atoms with E-state index in [4.69, 9.17) is 9.15 Å². The van der Waals surface area contributed by atoms with Crippen molar-refractivity contribution in [3.8, 4) is 0 Å². The first-order chi connectivity index (χ1) is 9.19. The van der Waals surface area contributed by atoms with E-state index in [2.05, 4.69) is 43.4 Å². The summed E-state index contributed by atoms with van der Waals surface area (Å²) in [5, 5.41) is 3.66. The van der Waals surface area contributed by atoms with Crippen molar-refractivity contribution in [2.75, 3.05) is 6.61 Å². The number of benzene rings is 1. The van der Waals surface area contributed by atoms with Crippen LogP contribution < -0.4 is 5.32 Å². The number of hydrogen-bond donors (Lipinski definition) is 1. The van der Waals surface area contributed by atoms with Gasteiger partial charge in [0, 0.05) is 6.04 Å². The molecule has 0 amide bonds. The standard InChI is InChI=1S/C16H19NO2/c1-12-15(14-9-6-10-18-14)19-11-16(2,17-12)13-7-4-3-5-8-13/h3-10,12,15,17H,11H2,1-2H3. The highest BCUT2D eigenvalue weighted by Gasteiger charge is 2.38. The zero-order valence-electron chi connectivity index (χ0n) is 11.3. The molecule has 2 heterocycles. The molecule has 100 valence electrons. The second-order valence-electron chi connectivity index (χ2n) is 5.38. The van der Waals surface area contributed by atoms with E-state index >= 15 is 0 Å². The Kier molecular flexibility index (Phi) is 3.17. The normalized spacial score (nSPS) is 31.3. The fourth-order valence-electron chi connectivity index (χ4n) is 2.77. The van der Waals surface area contributed by atoms with E-state index in [9.17, 15) is 0 Å². The lowest BCUT2D eigenvalue weighted by atomic mass is 9.89. The molecule has 1 aliphatic heterocycles. The van der Waals surface area contributed by atoms with Crippen molar-refractivity contribution in [3.63, 3.8) is 0 Å². The zero-order valence-corrected chi connectivity index (χ0v) is 11.3. The molecule has 3 unspecified atom stereocenters. The number of morpholine rings is 1. The molecule has 2 aromatic rings. The zero-order chi connectivity index (χ0) is 13.3. The van der Waals surface area contributed by atoms with E-state index in [1.807, 2.05) is 18.2 Å². The van der Waals surface area contributed by atoms with Crippen molar-refractivity contribution in [1.29, 1.82) is 0 Å². The van der Waals surface area contributed by atoms with Crippen LogP contribution in [0.3, 0.4) is 0 Å². The van der Waals surface area contributed by atoms with Gasteiger partial charge in [0.25, 0.3) is 0 Å². The number of hydrogen-bond acceptors (Lipinski definition) is 3. The lowest BCUT2D eigenvalue weighted by Crippen LogP contribution is -2.55. The van der Waals surface area contributed by atoms with Crippen LogP contribution in [0.2, 0.25) is 0 Å². The molecule has 1 saturated heterocycles. The minimum atomic E-state index is -0.149. The first-order valence-electron chi connectivity index (χ1n) is 6.67. The van der Waals surface area contributed by atoms with Crippen molar-refractivity contribution >= 4 is 0 Å². The number of rotatable bonds is 2. The quantitative estimate of drug-likeness (QED) is 0.896. The second kappa shape index (κ2) is 4.83. The van der Waals surface area contributed by atoms with Crippen molar-refractivity contribution in [1.82, 2.24) is 5.32 Å². The fraction of sp³-hybridized carbons (Fsp3) is 0.375. The van der Waals surface area contributed by atoms with Crippen LogP contribution in [0.5, 0.6) is 0 Å². The summed E-state index contributed by atoms with van der Waals surface area (Å²) in [5.74, 6) is 0.884. The van der Waals surface area contributed by atoms with E-state index in [1.165, 1.54) is 5.56 Å². The van der Waals surface area contributed by atoms with Crippen LogP contribution in [0.25, 0.3) is 0 Å². The molecule has 3 nitrogen and oxygen atoms in total. The Bertz CT molecular complexity index is 523. The Morgan fingerprint density at radius 2 is 1.95 bits per heavy atom. The summed E-state index contributed by atoms with van der Waals surface area (Å²) >= 11 is 0. The third-order valence-electron chi connectivity index (χ3n) is 3.79. The van der Waals surface area contributed by atoms with Gasteiger partial charge in [-0.05, 0) is 31.5 Å². The van der Waals surface area contributed by atoms with Crippen molar-refractivity contribution in [2.45, 2.75) is 31.5 Å². The molecule has 3 atom stereocenters. The van der Waals surface area contributed by atoms with Gasteiger partial charge in [-0.25, -0.2) is 0 Å². The molecular weight excluding hydrogens is 238 g/mol. The summed E-state index contributed by atoms with van der Waals surface area (Å²) in [7, 11) is 0. The van der Waals surface area contributed by atoms with E-state index in [1.54, 1.807) is 6.26 Å². The highest BCUT2D eigenvalue weighted by molar-refractivity contribution is 5.25. The smallest absolute Gasteiger partial charge is 0.134 e. The Balaban J connectivity index is 1.80. The minimum absolute atomic E-state index is 0.0215. The lowest BCUT2D eigenvalue weighted by Gasteiger charge is -2.42. The molecule has 3 rings (SSSR count). The number of furan rings is 1. The van der Waals surface area contributed by atoms with Gasteiger partial charge in [0.05, 0.1) is 18.4 Å². The average molecular weight is 257 g/mol. The maximum absolute atomic E-state index is 6.05. The first-order valence-corrected chi connectivity index (χ1v) is 6.67. The molecule has 0 bridgehead atoms. The molecule has 1 aromatic carbocycles. The summed E-state index contributed by atoms with van der Waals surface area (Å²) in [6, 6.07) is 14.5. The van der Waals surface area contributed by atoms with Crippen LogP contribution in [-0.4, -0.2) is 12.6 Å². The van der Waals surface area contributed by atoms with Gasteiger partial charge in [-0.15, -0.1) is 0 Å². The molecule has 1 aromatic heterocycles. The van der Waals surface area contributed by atoms with Crippen LogP contribution in [0.4, 0.5) is 0 Å². The number of nitrogens with one attached hydrogen (secondary N) is 1. The maximum Gasteiger partial charge on any atom is 0.134 e. The molecule has 0 saturated carbocycles. The van der Waals surface area contributed by atoms with Gasteiger partial charge in [0.1, 0.15) is 11.9 Å². The molecular formula is C16H19NO2. The second-order valence-corrected chi connectivity index (χ2v) is 5.38. The van der Waals surface area contributed by atoms with Crippen molar-refractivity contribution in [3.05, 3.63) is 60.1 Å². The molecule has 0 spiro atoms. The third-order valence-corrected chi connectivity index (χ3v) is 3.79. The van der Waals surface area contributed by atoms with Gasteiger partial charge in [0.2, 0.25) is 0 Å². The Hall–Kier alpha value is -1.58. The topological polar surface area (TPSA) is 34.4 Å². The van der Waals surface area contributed by atoms with E-state index in [0.717, 1.165) is 5.76 Å². The molecule has 1 aliphatic rings. The van der Waals surface area contributed by atoms with Gasteiger partial charge >= 0.3 is 0 Å². The molecule has 0 radical (unpaired) electrons. The average Bonchev–Trinajstić information content (AvgIpc) is 2.94. The van der Waals surface area contributed by atoms with Crippen LogP contribution >= 0.6 is 0 Å². The van der Waals surface area contributed by atoms with Gasteiger partial charge < -0.3 is 14.5 Å². The highest BCUT2D eigenvalue weighted by atomic mass is 16.5. The van der Waals surface area contributed by atoms with Gasteiger partial charge in [0.15, 0.2) is 0 Å². The van der Waals surface area contributed by atoms with Crippen LogP contribution in [0, 0.1) is 0 Å². The van der Waals surface area contributed by atoms with E-state index < -0.39 is 0 Å². The van der Waals surface area contributed by atoms with Crippen LogP contribution in [0.15, 0.2) is 53.1 Å². The molecule has 1 fully saturated rings. The Morgan fingerprint density at radius 1 is 1.16 bits per heavy atom. The van der Waals surface area contributed by atoms with Gasteiger partial charge in [-0.1, -0.05) is 30.3 Å². The molecule has 0 aliphatic carbocycles. The predicted octanol–water partition coefficient (Wildman–Crippen LogP) is 3.24. The SMILES string of the molecule is CC1NC(C)(c2ccccc2)COC1c1ccco1. The Morgan fingerprint density at radius 3 is 2.58 bits per heavy atom. The van der Waals surface area contributed by atoms with E-state index in [0.29, 0.717) is 6.61 Å². The third kappa shape index (κ3) is 2.31. The fourth-order valence-corrected chi connectivity index (χ4v) is 2.77. The largest absolute Gasteiger partial charge is 0.467 e. The van der Waals surface area contributed by atoms with Gasteiger partial charge in [-0.2, -0.15) is 0 Å². The summed E-state index contributed by atoms with van der Waals surface area (Å²) in [4.78, 5) is 0. The minimum Gasteiger partial charge on any atom is -0.467 e. The first kappa shape index (κ1) is 12.5. The lowest BCUT2D eigenvalue weighted by molar-refractivity contribution is -0.0664. The monoisotopic (exact) mass is 257 g/mol. The molecule has 3 heteroatoms.